The Morgan fingerprint density at radius 3 is 2.51 bits per heavy atom. The number of H-pyrrole nitrogens is 1. The van der Waals surface area contributed by atoms with Gasteiger partial charge in [0.15, 0.2) is 0 Å². The van der Waals surface area contributed by atoms with E-state index in [1.807, 2.05) is 31.2 Å². The van der Waals surface area contributed by atoms with E-state index < -0.39 is 17.7 Å². The summed E-state index contributed by atoms with van der Waals surface area (Å²) in [5.41, 5.74) is 2.52. The molecule has 2 saturated carbocycles. The Kier molecular flexibility index (Phi) is 6.01. The van der Waals surface area contributed by atoms with Gasteiger partial charge < -0.3 is 10.3 Å². The number of halogens is 2. The topological polar surface area (TPSA) is 99.3 Å². The molecule has 2 N–H and O–H groups in total. The molecule has 4 aliphatic rings. The second kappa shape index (κ2) is 9.23. The first-order valence-corrected chi connectivity index (χ1v) is 15.2. The molecule has 7 nitrogen and oxygen atoms in total. The van der Waals surface area contributed by atoms with Gasteiger partial charge in [-0.25, -0.2) is 0 Å². The van der Waals surface area contributed by atoms with Crippen LogP contribution in [0, 0.1) is 36.5 Å². The number of thiazole rings is 1. The summed E-state index contributed by atoms with van der Waals surface area (Å²) >= 11 is 15.9. The van der Waals surface area contributed by atoms with Crippen molar-refractivity contribution in [3.63, 3.8) is 0 Å². The summed E-state index contributed by atoms with van der Waals surface area (Å²) in [7, 11) is 0. The van der Waals surface area contributed by atoms with E-state index in [-0.39, 0.29) is 52.2 Å². The normalized spacial score (nSPS) is 30.3. The van der Waals surface area contributed by atoms with Crippen molar-refractivity contribution in [1.29, 1.82) is 0 Å². The average Bonchev–Trinajstić information content (AvgIpc) is 3.63. The van der Waals surface area contributed by atoms with Crippen molar-refractivity contribution in [2.45, 2.75) is 29.5 Å². The molecule has 2 aliphatic heterocycles. The number of aromatic nitrogens is 1. The van der Waals surface area contributed by atoms with Gasteiger partial charge in [-0.2, -0.15) is 0 Å². The number of benzene rings is 2. The van der Waals surface area contributed by atoms with Crippen LogP contribution in [-0.2, 0) is 14.4 Å². The van der Waals surface area contributed by atoms with Gasteiger partial charge >= 0.3 is 4.87 Å². The number of aryl methyl sites for hydroxylation is 1. The number of amides is 3. The molecule has 2 aromatic carbocycles. The lowest BCUT2D eigenvalue weighted by Gasteiger charge is -2.43. The molecule has 3 amide bonds. The zero-order chi connectivity index (χ0) is 27.2. The molecule has 1 aromatic heterocycles. The summed E-state index contributed by atoms with van der Waals surface area (Å²) in [6.07, 6.45) is 0.756. The standard InChI is InChI=1S/C28H23Cl2N3O4S2/c1-11-5-7-12(8-6-11)31-17(34)10-33-26(35)20-14-9-15(21(20)27(33)36)23-19(14)18(13-3-2-4-16(29)22(13)30)24-25(38-23)32-28(37)39-24/h2-8,14-15,18-21,23H,9-10H2,1H3,(H,31,34)(H,32,37)/t14?,15?,18-,19?,20?,21?,23?/m1/s1. The minimum absolute atomic E-state index is 0.00857. The SMILES string of the molecule is Cc1ccc(NC(=O)CN2C(=O)C3C4CC(C3C2=O)C2C4Sc3[nH]c(=O)sc3[C@@H]2c2cccc(Cl)c2Cl)cc1. The molecular weight excluding hydrogens is 577 g/mol. The molecule has 2 aliphatic carbocycles. The first-order chi connectivity index (χ1) is 18.7. The molecule has 11 heteroatoms. The van der Waals surface area contributed by atoms with Crippen LogP contribution in [0.4, 0.5) is 5.69 Å². The van der Waals surface area contributed by atoms with Crippen LogP contribution >= 0.6 is 46.3 Å². The van der Waals surface area contributed by atoms with E-state index in [9.17, 15) is 19.2 Å². The van der Waals surface area contributed by atoms with E-state index in [1.54, 1.807) is 30.0 Å². The number of imide groups is 1. The Bertz CT molecular complexity index is 1600. The summed E-state index contributed by atoms with van der Waals surface area (Å²) in [6.45, 7) is 1.66. The lowest BCUT2D eigenvalue weighted by atomic mass is 9.68. The number of anilines is 1. The van der Waals surface area contributed by atoms with Crippen LogP contribution in [-0.4, -0.2) is 39.4 Å². The first-order valence-electron chi connectivity index (χ1n) is 12.8. The van der Waals surface area contributed by atoms with Crippen molar-refractivity contribution in [2.24, 2.45) is 29.6 Å². The van der Waals surface area contributed by atoms with Gasteiger partial charge in [0, 0.05) is 21.7 Å². The molecule has 7 rings (SSSR count). The second-order valence-corrected chi connectivity index (χ2v) is 13.8. The fourth-order valence-electron chi connectivity index (χ4n) is 7.32. The summed E-state index contributed by atoms with van der Waals surface area (Å²) < 4.78 is 0. The minimum Gasteiger partial charge on any atom is -0.325 e. The van der Waals surface area contributed by atoms with Gasteiger partial charge in [0.05, 0.1) is 26.9 Å². The van der Waals surface area contributed by atoms with Crippen LogP contribution in [0.2, 0.25) is 10.0 Å². The lowest BCUT2D eigenvalue weighted by molar-refractivity contribution is -0.143. The minimum atomic E-state index is -0.478. The summed E-state index contributed by atoms with van der Waals surface area (Å²) in [5, 5.41) is 4.52. The summed E-state index contributed by atoms with van der Waals surface area (Å²) in [6, 6.07) is 12.9. The number of likely N-dealkylation sites (tertiary alicyclic amines) is 1. The van der Waals surface area contributed by atoms with E-state index in [0.717, 1.165) is 32.4 Å². The van der Waals surface area contributed by atoms with Crippen molar-refractivity contribution < 1.29 is 14.4 Å². The van der Waals surface area contributed by atoms with Gasteiger partial charge in [0.2, 0.25) is 17.7 Å². The Labute approximate surface area is 242 Å². The number of nitrogens with one attached hydrogen (secondary N) is 2. The maximum Gasteiger partial charge on any atom is 0.305 e. The van der Waals surface area contributed by atoms with Crippen LogP contribution < -0.4 is 10.2 Å². The first kappa shape index (κ1) is 25.4. The number of thioether (sulfide) groups is 1. The molecule has 200 valence electrons. The zero-order valence-corrected chi connectivity index (χ0v) is 23.8. The van der Waals surface area contributed by atoms with Gasteiger partial charge in [-0.1, -0.05) is 64.4 Å². The van der Waals surface area contributed by atoms with E-state index in [1.165, 1.54) is 11.3 Å². The van der Waals surface area contributed by atoms with Crippen LogP contribution in [0.15, 0.2) is 52.3 Å². The quantitative estimate of drug-likeness (QED) is 0.403. The van der Waals surface area contributed by atoms with E-state index in [2.05, 4.69) is 10.3 Å². The van der Waals surface area contributed by atoms with Crippen LogP contribution in [0.3, 0.4) is 0 Å². The number of carbonyl (C=O) groups excluding carboxylic acids is 3. The Morgan fingerprint density at radius 1 is 1.05 bits per heavy atom. The number of rotatable bonds is 4. The molecule has 7 atom stereocenters. The number of hydrogen-bond donors (Lipinski definition) is 2. The van der Waals surface area contributed by atoms with Gasteiger partial charge in [0.1, 0.15) is 6.54 Å². The fourth-order valence-corrected chi connectivity index (χ4v) is 10.6. The summed E-state index contributed by atoms with van der Waals surface area (Å²) in [5.74, 6) is -2.17. The molecule has 3 aromatic rings. The van der Waals surface area contributed by atoms with Gasteiger partial charge in [-0.05, 0) is 54.9 Å². The fraction of sp³-hybridized carbons (Fsp3) is 0.357. The number of aromatic amines is 1. The monoisotopic (exact) mass is 599 g/mol. The predicted octanol–water partition coefficient (Wildman–Crippen LogP) is 5.16. The molecule has 0 radical (unpaired) electrons. The Morgan fingerprint density at radius 2 is 1.77 bits per heavy atom. The van der Waals surface area contributed by atoms with E-state index in [0.29, 0.717) is 15.7 Å². The molecule has 1 saturated heterocycles. The van der Waals surface area contributed by atoms with E-state index in [4.69, 9.17) is 23.2 Å². The molecule has 6 unspecified atom stereocenters. The van der Waals surface area contributed by atoms with Crippen molar-refractivity contribution in [2.75, 3.05) is 11.9 Å². The highest BCUT2D eigenvalue weighted by Crippen LogP contribution is 2.68. The lowest BCUT2D eigenvalue weighted by Crippen LogP contribution is -2.42. The van der Waals surface area contributed by atoms with Crippen molar-refractivity contribution >= 4 is 69.7 Å². The van der Waals surface area contributed by atoms with Crippen molar-refractivity contribution in [1.82, 2.24) is 9.88 Å². The smallest absolute Gasteiger partial charge is 0.305 e. The van der Waals surface area contributed by atoms with Gasteiger partial charge in [-0.15, -0.1) is 11.8 Å². The largest absolute Gasteiger partial charge is 0.325 e. The molecule has 0 spiro atoms. The highest BCUT2D eigenvalue weighted by atomic mass is 35.5. The third-order valence-electron chi connectivity index (χ3n) is 8.77. The average molecular weight is 601 g/mol. The van der Waals surface area contributed by atoms with Crippen molar-refractivity contribution in [3.8, 4) is 0 Å². The predicted molar refractivity (Wildman–Crippen MR) is 151 cm³/mol. The molecule has 3 fully saturated rings. The van der Waals surface area contributed by atoms with Crippen LogP contribution in [0.25, 0.3) is 0 Å². The third-order valence-corrected chi connectivity index (χ3v) is 12.2. The Hall–Kier alpha value is -2.59. The van der Waals surface area contributed by atoms with E-state index >= 15 is 0 Å². The second-order valence-electron chi connectivity index (χ2n) is 10.8. The number of carbonyl (C=O) groups is 3. The van der Waals surface area contributed by atoms with Crippen LogP contribution in [0.5, 0.6) is 0 Å². The van der Waals surface area contributed by atoms with Crippen LogP contribution in [0.1, 0.15) is 28.3 Å². The highest BCUT2D eigenvalue weighted by molar-refractivity contribution is 8.00. The van der Waals surface area contributed by atoms with Crippen molar-refractivity contribution in [3.05, 3.63) is 78.2 Å². The third kappa shape index (κ3) is 3.84. The highest BCUT2D eigenvalue weighted by Gasteiger charge is 2.69. The molecule has 39 heavy (non-hydrogen) atoms. The maximum atomic E-state index is 13.7. The Balaban J connectivity index is 1.21. The molecular formula is C28H23Cl2N3O4S2. The number of fused-ring (bicyclic) bond motifs is 9. The molecule has 2 bridgehead atoms. The number of nitrogens with zero attached hydrogens (tertiary/aromatic N) is 1. The number of hydrogen-bond acceptors (Lipinski definition) is 6. The zero-order valence-electron chi connectivity index (χ0n) is 20.6. The van der Waals surface area contributed by atoms with Gasteiger partial charge in [0.25, 0.3) is 0 Å². The maximum absolute atomic E-state index is 13.7. The molecule has 3 heterocycles. The van der Waals surface area contributed by atoms with Gasteiger partial charge in [-0.3, -0.25) is 24.1 Å². The summed E-state index contributed by atoms with van der Waals surface area (Å²) in [4.78, 5) is 57.5.